The molecule has 98 valence electrons. The van der Waals surface area contributed by atoms with E-state index in [1.54, 1.807) is 12.2 Å². The molecule has 0 aromatic carbocycles. The molecule has 0 aromatic heterocycles. The van der Waals surface area contributed by atoms with Crippen molar-refractivity contribution in [2.45, 2.75) is 38.5 Å². The van der Waals surface area contributed by atoms with Crippen molar-refractivity contribution in [2.24, 2.45) is 0 Å². The Labute approximate surface area is 112 Å². The monoisotopic (exact) mass is 304 g/mol. The second-order valence-corrected chi connectivity index (χ2v) is 4.45. The van der Waals surface area contributed by atoms with Crippen LogP contribution in [0.3, 0.4) is 0 Å². The highest BCUT2D eigenvalue weighted by Crippen LogP contribution is 2.07. The van der Waals surface area contributed by atoms with Gasteiger partial charge in [-0.1, -0.05) is 41.3 Å². The third-order valence-corrected chi connectivity index (χ3v) is 2.75. The maximum atomic E-state index is 11.2. The largest absolute Gasteiger partial charge is 0.516 e. The molecule has 1 N–H and O–H groups in total. The summed E-state index contributed by atoms with van der Waals surface area (Å²) in [4.78, 5) is 11.2. The maximum Gasteiger partial charge on any atom is 0.306 e. The molecule has 0 rings (SSSR count). The van der Waals surface area contributed by atoms with Gasteiger partial charge in [-0.25, -0.2) is 0 Å². The predicted octanol–water partition coefficient (Wildman–Crippen LogP) is 3.89. The van der Waals surface area contributed by atoms with Crippen LogP contribution in [0.2, 0.25) is 0 Å². The van der Waals surface area contributed by atoms with Crippen LogP contribution in [-0.4, -0.2) is 23.0 Å². The van der Waals surface area contributed by atoms with E-state index >= 15 is 0 Å². The topological polar surface area (TPSA) is 46.5 Å². The van der Waals surface area contributed by atoms with Crippen molar-refractivity contribution in [1.82, 2.24) is 0 Å². The van der Waals surface area contributed by atoms with Crippen LogP contribution in [0.15, 0.2) is 24.5 Å². The highest BCUT2D eigenvalue weighted by Gasteiger charge is 2.00. The zero-order chi connectivity index (χ0) is 12.8. The van der Waals surface area contributed by atoms with Crippen LogP contribution in [0.1, 0.15) is 38.5 Å². The Hall–Kier alpha value is -0.770. The van der Waals surface area contributed by atoms with E-state index < -0.39 is 0 Å². The van der Waals surface area contributed by atoms with Gasteiger partial charge in [0.15, 0.2) is 0 Å². The molecule has 4 heteroatoms. The van der Waals surface area contributed by atoms with Gasteiger partial charge in [0.1, 0.15) is 6.61 Å². The van der Waals surface area contributed by atoms with E-state index in [9.17, 15) is 4.79 Å². The normalized spacial score (nSPS) is 11.4. The molecule has 0 atom stereocenters. The van der Waals surface area contributed by atoms with Gasteiger partial charge >= 0.3 is 5.97 Å². The van der Waals surface area contributed by atoms with Gasteiger partial charge in [0.05, 0.1) is 6.26 Å². The first-order chi connectivity index (χ1) is 8.31. The number of hydrogen-bond acceptors (Lipinski definition) is 3. The van der Waals surface area contributed by atoms with Crippen LogP contribution < -0.4 is 0 Å². The van der Waals surface area contributed by atoms with Gasteiger partial charge in [0.2, 0.25) is 0 Å². The zero-order valence-corrected chi connectivity index (χ0v) is 11.7. The Bertz CT molecular complexity index is 237. The molecule has 0 aliphatic heterocycles. The first-order valence-corrected chi connectivity index (χ1v) is 7.11. The number of allylic oxidation sites excluding steroid dienone is 2. The number of ether oxygens (including phenoxy) is 1. The van der Waals surface area contributed by atoms with Crippen molar-refractivity contribution in [2.75, 3.05) is 11.9 Å². The second-order valence-electron chi connectivity index (χ2n) is 3.66. The van der Waals surface area contributed by atoms with Crippen molar-refractivity contribution in [1.29, 1.82) is 0 Å². The van der Waals surface area contributed by atoms with Crippen molar-refractivity contribution >= 4 is 21.9 Å². The smallest absolute Gasteiger partial charge is 0.306 e. The van der Waals surface area contributed by atoms with Gasteiger partial charge in [0, 0.05) is 11.8 Å². The summed E-state index contributed by atoms with van der Waals surface area (Å²) in [5.41, 5.74) is 0. The van der Waals surface area contributed by atoms with Gasteiger partial charge in [-0.15, -0.1) is 0 Å². The minimum absolute atomic E-state index is 0.150. The minimum Gasteiger partial charge on any atom is -0.516 e. The fourth-order valence-corrected chi connectivity index (χ4v) is 1.69. The Balaban J connectivity index is 3.29. The van der Waals surface area contributed by atoms with Gasteiger partial charge in [-0.2, -0.15) is 0 Å². The third-order valence-electron chi connectivity index (χ3n) is 2.19. The molecule has 0 heterocycles. The standard InChI is InChI=1S/C13H21BrO3/c14-10-6-3-1-2-5-9-13(16)17-12-8-4-7-11-15/h4,7-8,11,15H,1-3,5-6,9-10,12H2/b8-4+,11-7-. The molecule has 0 radical (unpaired) electrons. The number of aliphatic hydroxyl groups is 1. The number of hydrogen-bond donors (Lipinski definition) is 1. The van der Waals surface area contributed by atoms with E-state index in [0.717, 1.165) is 24.4 Å². The van der Waals surface area contributed by atoms with E-state index in [-0.39, 0.29) is 12.6 Å². The average molecular weight is 305 g/mol. The van der Waals surface area contributed by atoms with Crippen LogP contribution in [0, 0.1) is 0 Å². The molecule has 0 aliphatic rings. The molecule has 0 aliphatic carbocycles. The van der Waals surface area contributed by atoms with E-state index in [1.165, 1.54) is 25.3 Å². The Morgan fingerprint density at radius 1 is 1.12 bits per heavy atom. The van der Waals surface area contributed by atoms with Crippen LogP contribution in [0.4, 0.5) is 0 Å². The van der Waals surface area contributed by atoms with Gasteiger partial charge < -0.3 is 9.84 Å². The highest BCUT2D eigenvalue weighted by molar-refractivity contribution is 9.09. The number of carbonyl (C=O) groups excluding carboxylic acids is 1. The summed E-state index contributed by atoms with van der Waals surface area (Å²) in [6.45, 7) is 0.271. The van der Waals surface area contributed by atoms with E-state index in [4.69, 9.17) is 9.84 Å². The fourth-order valence-electron chi connectivity index (χ4n) is 1.29. The maximum absolute atomic E-state index is 11.2. The first kappa shape index (κ1) is 16.2. The summed E-state index contributed by atoms with van der Waals surface area (Å²) in [7, 11) is 0. The lowest BCUT2D eigenvalue weighted by molar-refractivity contribution is -0.142. The lowest BCUT2D eigenvalue weighted by atomic mass is 10.1. The molecule has 0 saturated heterocycles. The number of alkyl halides is 1. The minimum atomic E-state index is -0.150. The predicted molar refractivity (Wildman–Crippen MR) is 73.4 cm³/mol. The summed E-state index contributed by atoms with van der Waals surface area (Å²) >= 11 is 3.39. The van der Waals surface area contributed by atoms with Gasteiger partial charge in [0.25, 0.3) is 0 Å². The quantitative estimate of drug-likeness (QED) is 0.219. The third kappa shape index (κ3) is 13.2. The van der Waals surface area contributed by atoms with Crippen LogP contribution in [-0.2, 0) is 9.53 Å². The van der Waals surface area contributed by atoms with Crippen LogP contribution in [0.25, 0.3) is 0 Å². The van der Waals surface area contributed by atoms with E-state index in [2.05, 4.69) is 15.9 Å². The average Bonchev–Trinajstić information content (AvgIpc) is 2.33. The molecule has 17 heavy (non-hydrogen) atoms. The van der Waals surface area contributed by atoms with Crippen molar-refractivity contribution in [3.63, 3.8) is 0 Å². The number of unbranched alkanes of at least 4 members (excludes halogenated alkanes) is 4. The molecule has 0 bridgehead atoms. The number of rotatable bonds is 10. The van der Waals surface area contributed by atoms with E-state index in [1.807, 2.05) is 0 Å². The number of carbonyl (C=O) groups is 1. The Morgan fingerprint density at radius 2 is 1.82 bits per heavy atom. The summed E-state index contributed by atoms with van der Waals surface area (Å²) in [6, 6.07) is 0. The summed E-state index contributed by atoms with van der Waals surface area (Å²) in [5.74, 6) is -0.150. The molecule has 3 nitrogen and oxygen atoms in total. The highest BCUT2D eigenvalue weighted by atomic mass is 79.9. The molecule has 0 spiro atoms. The lowest BCUT2D eigenvalue weighted by Gasteiger charge is -2.01. The number of esters is 1. The molecular weight excluding hydrogens is 284 g/mol. The Morgan fingerprint density at radius 3 is 2.53 bits per heavy atom. The molecule has 0 saturated carbocycles. The number of halogens is 1. The molecule has 0 aromatic rings. The summed E-state index contributed by atoms with van der Waals surface area (Å²) < 4.78 is 4.97. The fraction of sp³-hybridized carbons (Fsp3) is 0.615. The molecular formula is C13H21BrO3. The summed E-state index contributed by atoms with van der Waals surface area (Å²) in [5, 5.41) is 9.40. The zero-order valence-electron chi connectivity index (χ0n) is 10.1. The lowest BCUT2D eigenvalue weighted by Crippen LogP contribution is -2.03. The summed E-state index contributed by atoms with van der Waals surface area (Å²) in [6.07, 6.45) is 11.8. The number of aliphatic hydroxyl groups excluding tert-OH is 1. The van der Waals surface area contributed by atoms with Crippen LogP contribution >= 0.6 is 15.9 Å². The van der Waals surface area contributed by atoms with Crippen molar-refractivity contribution < 1.29 is 14.6 Å². The second kappa shape index (κ2) is 13.3. The first-order valence-electron chi connectivity index (χ1n) is 5.98. The Kier molecular flexibility index (Phi) is 12.7. The molecule has 0 unspecified atom stereocenters. The van der Waals surface area contributed by atoms with Crippen LogP contribution in [0.5, 0.6) is 0 Å². The van der Waals surface area contributed by atoms with Crippen molar-refractivity contribution in [3.8, 4) is 0 Å². The van der Waals surface area contributed by atoms with Gasteiger partial charge in [-0.05, 0) is 25.0 Å². The SMILES string of the molecule is O=C(CCCCCCCBr)OC/C=C/C=C\O. The van der Waals surface area contributed by atoms with Crippen molar-refractivity contribution in [3.05, 3.63) is 24.5 Å². The van der Waals surface area contributed by atoms with Gasteiger partial charge in [-0.3, -0.25) is 4.79 Å². The molecule has 0 amide bonds. The molecule has 0 fully saturated rings. The van der Waals surface area contributed by atoms with E-state index in [0.29, 0.717) is 6.42 Å².